The van der Waals surface area contributed by atoms with Crippen molar-refractivity contribution < 1.29 is 9.90 Å². The lowest BCUT2D eigenvalue weighted by atomic mass is 10.2. The summed E-state index contributed by atoms with van der Waals surface area (Å²) in [6, 6.07) is 16.1. The van der Waals surface area contributed by atoms with E-state index in [9.17, 15) is 9.90 Å². The van der Waals surface area contributed by atoms with E-state index in [1.54, 1.807) is 37.3 Å². The van der Waals surface area contributed by atoms with E-state index >= 15 is 0 Å². The minimum absolute atomic E-state index is 0.182. The van der Waals surface area contributed by atoms with Crippen molar-refractivity contribution in [1.82, 2.24) is 9.97 Å². The Balaban J connectivity index is 1.87. The van der Waals surface area contributed by atoms with Gasteiger partial charge in [0.05, 0.1) is 11.3 Å². The van der Waals surface area contributed by atoms with Crippen molar-refractivity contribution in [3.05, 3.63) is 70.5 Å². The van der Waals surface area contributed by atoms with Gasteiger partial charge in [-0.1, -0.05) is 28.1 Å². The third kappa shape index (κ3) is 4.33. The zero-order valence-electron chi connectivity index (χ0n) is 13.3. The van der Waals surface area contributed by atoms with Gasteiger partial charge in [-0.05, 0) is 43.3 Å². The number of halogens is 1. The molecule has 0 saturated heterocycles. The molecule has 0 aliphatic heterocycles. The van der Waals surface area contributed by atoms with Crippen molar-refractivity contribution in [1.29, 1.82) is 0 Å². The van der Waals surface area contributed by atoms with Crippen LogP contribution >= 0.6 is 15.9 Å². The number of nitrogens with one attached hydrogen (secondary N) is 2. The van der Waals surface area contributed by atoms with Crippen molar-refractivity contribution in [3.8, 4) is 0 Å². The minimum atomic E-state index is -0.998. The third-order valence-corrected chi connectivity index (χ3v) is 3.90. The largest absolute Gasteiger partial charge is 0.478 e. The first kappa shape index (κ1) is 16.9. The number of carboxylic acids is 1. The fourth-order valence-corrected chi connectivity index (χ4v) is 2.56. The molecule has 126 valence electrons. The number of carboxylic acid groups (broad SMARTS) is 1. The predicted molar refractivity (Wildman–Crippen MR) is 101 cm³/mol. The van der Waals surface area contributed by atoms with Crippen molar-refractivity contribution >= 4 is 44.9 Å². The molecule has 0 bridgehead atoms. The summed E-state index contributed by atoms with van der Waals surface area (Å²) >= 11 is 3.40. The van der Waals surface area contributed by atoms with Gasteiger partial charge in [0, 0.05) is 16.2 Å². The van der Waals surface area contributed by atoms with Gasteiger partial charge in [0.25, 0.3) is 0 Å². The van der Waals surface area contributed by atoms with E-state index in [-0.39, 0.29) is 5.56 Å². The molecule has 0 saturated carbocycles. The van der Waals surface area contributed by atoms with Crippen LogP contribution in [0.25, 0.3) is 0 Å². The lowest BCUT2D eigenvalue weighted by Crippen LogP contribution is -2.05. The summed E-state index contributed by atoms with van der Waals surface area (Å²) in [7, 11) is 0. The Morgan fingerprint density at radius 2 is 1.64 bits per heavy atom. The summed E-state index contributed by atoms with van der Waals surface area (Å²) in [5.41, 5.74) is 1.54. The normalized spacial score (nSPS) is 10.3. The standard InChI is InChI=1S/C18H15BrN4O2/c1-11-20-16(22-13-8-6-12(19)7-9-13)10-17(21-11)23-15-5-3-2-4-14(15)18(24)25/h2-10H,1H3,(H,24,25)(H2,20,21,22,23). The summed E-state index contributed by atoms with van der Waals surface area (Å²) < 4.78 is 0.990. The van der Waals surface area contributed by atoms with E-state index in [2.05, 4.69) is 36.5 Å². The first-order valence-corrected chi connectivity index (χ1v) is 8.28. The average molecular weight is 399 g/mol. The minimum Gasteiger partial charge on any atom is -0.478 e. The zero-order valence-corrected chi connectivity index (χ0v) is 14.9. The number of hydrogen-bond acceptors (Lipinski definition) is 5. The summed E-state index contributed by atoms with van der Waals surface area (Å²) in [5.74, 6) is 0.699. The van der Waals surface area contributed by atoms with Gasteiger partial charge in [-0.3, -0.25) is 0 Å². The molecule has 7 heteroatoms. The Morgan fingerprint density at radius 1 is 1.00 bits per heavy atom. The predicted octanol–water partition coefficient (Wildman–Crippen LogP) is 4.73. The lowest BCUT2D eigenvalue weighted by Gasteiger charge is -2.12. The maximum absolute atomic E-state index is 11.3. The molecule has 0 radical (unpaired) electrons. The molecule has 3 rings (SSSR count). The highest BCUT2D eigenvalue weighted by atomic mass is 79.9. The van der Waals surface area contributed by atoms with E-state index in [1.807, 2.05) is 24.3 Å². The van der Waals surface area contributed by atoms with E-state index in [0.29, 0.717) is 23.1 Å². The van der Waals surface area contributed by atoms with Crippen LogP contribution < -0.4 is 10.6 Å². The molecule has 0 spiro atoms. The van der Waals surface area contributed by atoms with Gasteiger partial charge in [0.2, 0.25) is 0 Å². The van der Waals surface area contributed by atoms with Gasteiger partial charge in [-0.2, -0.15) is 0 Å². The van der Waals surface area contributed by atoms with Crippen LogP contribution in [0.5, 0.6) is 0 Å². The molecule has 6 nitrogen and oxygen atoms in total. The van der Waals surface area contributed by atoms with Crippen LogP contribution in [0.1, 0.15) is 16.2 Å². The first-order chi connectivity index (χ1) is 12.0. The molecule has 0 unspecified atom stereocenters. The van der Waals surface area contributed by atoms with Gasteiger partial charge in [0.15, 0.2) is 0 Å². The molecule has 0 atom stereocenters. The highest BCUT2D eigenvalue weighted by Gasteiger charge is 2.10. The summed E-state index contributed by atoms with van der Waals surface area (Å²) in [6.07, 6.45) is 0. The second-order valence-electron chi connectivity index (χ2n) is 5.29. The molecule has 3 aromatic rings. The summed E-state index contributed by atoms with van der Waals surface area (Å²) in [6.45, 7) is 1.78. The number of anilines is 4. The number of hydrogen-bond donors (Lipinski definition) is 3. The van der Waals surface area contributed by atoms with Crippen LogP contribution in [0.15, 0.2) is 59.1 Å². The Labute approximate surface area is 153 Å². The van der Waals surface area contributed by atoms with Crippen LogP contribution in [0.3, 0.4) is 0 Å². The maximum atomic E-state index is 11.3. The fraction of sp³-hybridized carbons (Fsp3) is 0.0556. The highest BCUT2D eigenvalue weighted by molar-refractivity contribution is 9.10. The number of benzene rings is 2. The highest BCUT2D eigenvalue weighted by Crippen LogP contribution is 2.23. The number of rotatable bonds is 5. The number of aromatic nitrogens is 2. The molecule has 3 N–H and O–H groups in total. The number of aromatic carboxylic acids is 1. The topological polar surface area (TPSA) is 87.1 Å². The van der Waals surface area contributed by atoms with E-state index in [1.165, 1.54) is 0 Å². The van der Waals surface area contributed by atoms with Crippen LogP contribution in [0.2, 0.25) is 0 Å². The van der Waals surface area contributed by atoms with Crippen LogP contribution in [0, 0.1) is 6.92 Å². The fourth-order valence-electron chi connectivity index (χ4n) is 2.29. The van der Waals surface area contributed by atoms with Crippen molar-refractivity contribution in [2.45, 2.75) is 6.92 Å². The van der Waals surface area contributed by atoms with Crippen molar-refractivity contribution in [3.63, 3.8) is 0 Å². The maximum Gasteiger partial charge on any atom is 0.337 e. The number of aryl methyl sites for hydroxylation is 1. The summed E-state index contributed by atoms with van der Waals surface area (Å²) in [5, 5.41) is 15.5. The molecular weight excluding hydrogens is 384 g/mol. The molecule has 0 fully saturated rings. The van der Waals surface area contributed by atoms with Crippen molar-refractivity contribution in [2.24, 2.45) is 0 Å². The molecule has 1 heterocycles. The Kier molecular flexibility index (Phi) is 4.95. The SMILES string of the molecule is Cc1nc(Nc2ccc(Br)cc2)cc(Nc2ccccc2C(=O)O)n1. The molecular formula is C18H15BrN4O2. The molecule has 0 amide bonds. The molecule has 0 aliphatic rings. The monoisotopic (exact) mass is 398 g/mol. The number of para-hydroxylation sites is 1. The molecule has 25 heavy (non-hydrogen) atoms. The van der Waals surface area contributed by atoms with E-state index in [4.69, 9.17) is 0 Å². The van der Waals surface area contributed by atoms with Crippen LogP contribution in [0.4, 0.5) is 23.0 Å². The number of carbonyl (C=O) groups is 1. The number of nitrogens with zero attached hydrogens (tertiary/aromatic N) is 2. The van der Waals surface area contributed by atoms with Gasteiger partial charge in [-0.25, -0.2) is 14.8 Å². The Morgan fingerprint density at radius 3 is 2.32 bits per heavy atom. The molecule has 0 aliphatic carbocycles. The quantitative estimate of drug-likeness (QED) is 0.575. The van der Waals surface area contributed by atoms with Gasteiger partial charge >= 0.3 is 5.97 Å². The second kappa shape index (κ2) is 7.31. The average Bonchev–Trinajstić information content (AvgIpc) is 2.57. The second-order valence-corrected chi connectivity index (χ2v) is 6.21. The third-order valence-electron chi connectivity index (χ3n) is 3.37. The first-order valence-electron chi connectivity index (χ1n) is 7.49. The smallest absolute Gasteiger partial charge is 0.337 e. The Hall–Kier alpha value is -2.93. The van der Waals surface area contributed by atoms with Crippen LogP contribution in [-0.4, -0.2) is 21.0 Å². The zero-order chi connectivity index (χ0) is 17.8. The van der Waals surface area contributed by atoms with Crippen LogP contribution in [-0.2, 0) is 0 Å². The lowest BCUT2D eigenvalue weighted by molar-refractivity contribution is 0.0698. The molecule has 1 aromatic heterocycles. The van der Waals surface area contributed by atoms with E-state index in [0.717, 1.165) is 10.2 Å². The van der Waals surface area contributed by atoms with Gasteiger partial charge in [0.1, 0.15) is 17.5 Å². The van der Waals surface area contributed by atoms with Crippen molar-refractivity contribution in [2.75, 3.05) is 10.6 Å². The Bertz CT molecular complexity index is 913. The molecule has 2 aromatic carbocycles. The summed E-state index contributed by atoms with van der Waals surface area (Å²) in [4.78, 5) is 20.0. The van der Waals surface area contributed by atoms with Gasteiger partial charge in [-0.15, -0.1) is 0 Å². The van der Waals surface area contributed by atoms with E-state index < -0.39 is 5.97 Å². The van der Waals surface area contributed by atoms with Gasteiger partial charge < -0.3 is 15.7 Å².